The highest BCUT2D eigenvalue weighted by atomic mass is 16.6. The first-order valence-electron chi connectivity index (χ1n) is 11.6. The quantitative estimate of drug-likeness (QED) is 0.687. The van der Waals surface area contributed by atoms with Gasteiger partial charge in [0, 0.05) is 12.5 Å². The molecule has 1 spiro atoms. The van der Waals surface area contributed by atoms with E-state index < -0.39 is 23.2 Å². The van der Waals surface area contributed by atoms with Crippen LogP contribution < -0.4 is 5.32 Å². The Kier molecular flexibility index (Phi) is 5.33. The number of fused-ring (bicyclic) bond motifs is 2. The zero-order valence-corrected chi connectivity index (χ0v) is 19.3. The van der Waals surface area contributed by atoms with Crippen molar-refractivity contribution >= 4 is 23.8 Å². The normalized spacial score (nSPS) is 27.9. The minimum Gasteiger partial charge on any atom is -0.444 e. The lowest BCUT2D eigenvalue weighted by Gasteiger charge is -2.44. The number of nitrogens with zero attached hydrogens (tertiary/aromatic N) is 2. The summed E-state index contributed by atoms with van der Waals surface area (Å²) in [5.41, 5.74) is -1.29. The van der Waals surface area contributed by atoms with E-state index in [9.17, 15) is 19.2 Å². The molecule has 1 N–H and O–H groups in total. The van der Waals surface area contributed by atoms with Gasteiger partial charge in [0.05, 0.1) is 17.5 Å². The smallest absolute Gasteiger partial charge is 0.408 e. The summed E-state index contributed by atoms with van der Waals surface area (Å²) in [5, 5.41) is 2.75. The van der Waals surface area contributed by atoms with Crippen molar-refractivity contribution in [1.29, 1.82) is 0 Å². The average Bonchev–Trinajstić information content (AvgIpc) is 3.32. The van der Waals surface area contributed by atoms with Crippen molar-refractivity contribution in [2.45, 2.75) is 96.9 Å². The van der Waals surface area contributed by atoms with Gasteiger partial charge < -0.3 is 15.0 Å². The van der Waals surface area contributed by atoms with E-state index in [0.717, 1.165) is 32.1 Å². The number of nitrogens with one attached hydrogen (secondary N) is 1. The minimum absolute atomic E-state index is 0.0261. The highest BCUT2D eigenvalue weighted by Gasteiger charge is 2.68. The molecule has 4 aliphatic rings. The highest BCUT2D eigenvalue weighted by Crippen LogP contribution is 2.56. The molecule has 31 heavy (non-hydrogen) atoms. The van der Waals surface area contributed by atoms with Crippen LogP contribution in [-0.4, -0.2) is 63.9 Å². The van der Waals surface area contributed by atoms with Crippen LogP contribution >= 0.6 is 0 Å². The first-order valence-corrected chi connectivity index (χ1v) is 11.6. The number of likely N-dealkylation sites (tertiary alicyclic amines) is 2. The number of alkyl carbamates (subject to hydrolysis) is 1. The third-order valence-electron chi connectivity index (χ3n) is 7.21. The zero-order chi connectivity index (χ0) is 22.7. The molecule has 0 aromatic carbocycles. The lowest BCUT2D eigenvalue weighted by atomic mass is 9.64. The Labute approximate surface area is 184 Å². The van der Waals surface area contributed by atoms with Crippen LogP contribution in [0.2, 0.25) is 0 Å². The maximum Gasteiger partial charge on any atom is 0.408 e. The molecule has 2 heterocycles. The molecule has 8 nitrogen and oxygen atoms in total. The Bertz CT molecular complexity index is 794. The molecule has 0 unspecified atom stereocenters. The van der Waals surface area contributed by atoms with Crippen LogP contribution in [0.4, 0.5) is 4.79 Å². The minimum atomic E-state index is -0.742. The Balaban J connectivity index is 1.56. The van der Waals surface area contributed by atoms with E-state index in [4.69, 9.17) is 4.74 Å². The monoisotopic (exact) mass is 433 g/mol. The Morgan fingerprint density at radius 2 is 1.77 bits per heavy atom. The summed E-state index contributed by atoms with van der Waals surface area (Å²) in [6.07, 6.45) is 4.07. The third kappa shape index (κ3) is 3.72. The SMILES string of the molecule is CC(C)[C@H](NC(=O)OC(C)(C)C)C(=O)N1CC[C@H]2[C@H]1C1(CCC1)C(=O)N2C(=O)C1CC1. The van der Waals surface area contributed by atoms with Gasteiger partial charge in [0.15, 0.2) is 0 Å². The van der Waals surface area contributed by atoms with Gasteiger partial charge in [-0.15, -0.1) is 0 Å². The van der Waals surface area contributed by atoms with Gasteiger partial charge in [-0.2, -0.15) is 0 Å². The second-order valence-electron chi connectivity index (χ2n) is 11.0. The number of rotatable bonds is 4. The number of carbonyl (C=O) groups is 4. The topological polar surface area (TPSA) is 96.0 Å². The van der Waals surface area contributed by atoms with Gasteiger partial charge >= 0.3 is 6.09 Å². The standard InChI is InChI=1S/C23H35N3O5/c1-13(2)16(24-21(30)31-22(3,4)5)19(28)25-12-9-15-17(25)23(10-6-11-23)20(29)26(15)18(27)14-7-8-14/h13-17H,6-12H2,1-5H3,(H,24,30)/t15-,16-,17-/m0/s1. The van der Waals surface area contributed by atoms with Gasteiger partial charge in [-0.05, 0) is 58.8 Å². The van der Waals surface area contributed by atoms with Crippen LogP contribution in [0.5, 0.6) is 0 Å². The molecular formula is C23H35N3O5. The van der Waals surface area contributed by atoms with Gasteiger partial charge in [-0.1, -0.05) is 20.3 Å². The molecule has 3 atom stereocenters. The van der Waals surface area contributed by atoms with Gasteiger partial charge in [0.2, 0.25) is 17.7 Å². The molecule has 4 fully saturated rings. The van der Waals surface area contributed by atoms with Gasteiger partial charge in [0.25, 0.3) is 0 Å². The fraction of sp³-hybridized carbons (Fsp3) is 0.826. The average molecular weight is 434 g/mol. The van der Waals surface area contributed by atoms with Crippen molar-refractivity contribution < 1.29 is 23.9 Å². The van der Waals surface area contributed by atoms with E-state index >= 15 is 0 Å². The van der Waals surface area contributed by atoms with Gasteiger partial charge in [-0.25, -0.2) is 4.79 Å². The number of hydrogen-bond acceptors (Lipinski definition) is 5. The summed E-state index contributed by atoms with van der Waals surface area (Å²) in [5.74, 6) is -0.484. The first kappa shape index (κ1) is 22.1. The summed E-state index contributed by atoms with van der Waals surface area (Å²) >= 11 is 0. The summed E-state index contributed by atoms with van der Waals surface area (Å²) in [4.78, 5) is 55.6. The molecule has 0 aromatic heterocycles. The summed E-state index contributed by atoms with van der Waals surface area (Å²) in [6, 6.07) is -1.26. The number of amides is 4. The van der Waals surface area contributed by atoms with Crippen molar-refractivity contribution in [2.24, 2.45) is 17.3 Å². The second-order valence-corrected chi connectivity index (χ2v) is 11.0. The van der Waals surface area contributed by atoms with Crippen LogP contribution in [0, 0.1) is 17.3 Å². The van der Waals surface area contributed by atoms with Crippen molar-refractivity contribution in [2.75, 3.05) is 6.54 Å². The molecule has 0 radical (unpaired) electrons. The first-order chi connectivity index (χ1) is 14.5. The van der Waals surface area contributed by atoms with Crippen LogP contribution in [0.25, 0.3) is 0 Å². The maximum absolute atomic E-state index is 13.6. The molecule has 4 amide bonds. The van der Waals surface area contributed by atoms with E-state index in [-0.39, 0.29) is 41.6 Å². The Morgan fingerprint density at radius 1 is 1.13 bits per heavy atom. The molecule has 0 bridgehead atoms. The molecule has 8 heteroatoms. The molecule has 172 valence electrons. The van der Waals surface area contributed by atoms with E-state index in [1.54, 1.807) is 25.7 Å². The second kappa shape index (κ2) is 7.48. The van der Waals surface area contributed by atoms with Crippen molar-refractivity contribution in [1.82, 2.24) is 15.1 Å². The van der Waals surface area contributed by atoms with Crippen LogP contribution in [-0.2, 0) is 19.1 Å². The fourth-order valence-corrected chi connectivity index (χ4v) is 5.46. The molecule has 2 saturated heterocycles. The predicted octanol–water partition coefficient (Wildman–Crippen LogP) is 2.45. The lowest BCUT2D eigenvalue weighted by Crippen LogP contribution is -2.58. The summed E-state index contributed by atoms with van der Waals surface area (Å²) in [6.45, 7) is 9.60. The predicted molar refractivity (Wildman–Crippen MR) is 113 cm³/mol. The van der Waals surface area contributed by atoms with Gasteiger partial charge in [0.1, 0.15) is 11.6 Å². The maximum atomic E-state index is 13.6. The zero-order valence-electron chi connectivity index (χ0n) is 19.3. The Hall–Kier alpha value is -2.12. The summed E-state index contributed by atoms with van der Waals surface area (Å²) < 4.78 is 5.36. The third-order valence-corrected chi connectivity index (χ3v) is 7.21. The van der Waals surface area contributed by atoms with E-state index in [0.29, 0.717) is 13.0 Å². The molecule has 2 aliphatic carbocycles. The van der Waals surface area contributed by atoms with Crippen LogP contribution in [0.1, 0.15) is 73.1 Å². The molecule has 0 aromatic rings. The van der Waals surface area contributed by atoms with Crippen LogP contribution in [0.15, 0.2) is 0 Å². The Morgan fingerprint density at radius 3 is 2.26 bits per heavy atom. The highest BCUT2D eigenvalue weighted by molar-refractivity contribution is 6.04. The van der Waals surface area contributed by atoms with Crippen molar-refractivity contribution in [3.63, 3.8) is 0 Å². The molecular weight excluding hydrogens is 398 g/mol. The van der Waals surface area contributed by atoms with E-state index in [1.165, 1.54) is 4.90 Å². The number of hydrogen-bond donors (Lipinski definition) is 1. The van der Waals surface area contributed by atoms with Crippen LogP contribution in [0.3, 0.4) is 0 Å². The number of ether oxygens (including phenoxy) is 1. The molecule has 2 saturated carbocycles. The molecule has 2 aliphatic heterocycles. The molecule has 4 rings (SSSR count). The van der Waals surface area contributed by atoms with Crippen molar-refractivity contribution in [3.05, 3.63) is 0 Å². The number of carbonyl (C=O) groups excluding carboxylic acids is 4. The largest absolute Gasteiger partial charge is 0.444 e. The summed E-state index contributed by atoms with van der Waals surface area (Å²) in [7, 11) is 0. The lowest BCUT2D eigenvalue weighted by molar-refractivity contribution is -0.152. The van der Waals surface area contributed by atoms with E-state index in [1.807, 2.05) is 13.8 Å². The number of imide groups is 1. The van der Waals surface area contributed by atoms with Gasteiger partial charge in [-0.3, -0.25) is 19.3 Å². The van der Waals surface area contributed by atoms with E-state index in [2.05, 4.69) is 5.32 Å². The fourth-order valence-electron chi connectivity index (χ4n) is 5.46. The van der Waals surface area contributed by atoms with Crippen molar-refractivity contribution in [3.8, 4) is 0 Å².